The molecule has 0 aromatic heterocycles. The number of allylic oxidation sites excluding steroid dienone is 1. The van der Waals surface area contributed by atoms with Crippen molar-refractivity contribution in [3.05, 3.63) is 12.2 Å². The van der Waals surface area contributed by atoms with Gasteiger partial charge in [0.05, 0.1) is 12.2 Å². The third-order valence-electron chi connectivity index (χ3n) is 13.4. The van der Waals surface area contributed by atoms with Gasteiger partial charge in [-0.05, 0) is 129 Å². The Labute approximate surface area is 293 Å². The van der Waals surface area contributed by atoms with Crippen LogP contribution in [-0.2, 0) is 9.59 Å². The van der Waals surface area contributed by atoms with Crippen molar-refractivity contribution in [1.29, 1.82) is 0 Å². The fourth-order valence-corrected chi connectivity index (χ4v) is 10.6. The molecule has 7 nitrogen and oxygen atoms in total. The lowest BCUT2D eigenvalue weighted by atomic mass is 9.43. The number of nitrogens with one attached hydrogen (secondary N) is 2. The summed E-state index contributed by atoms with van der Waals surface area (Å²) in [6.07, 6.45) is 20.6. The maximum Gasteiger partial charge on any atom is 0.245 e. The summed E-state index contributed by atoms with van der Waals surface area (Å²) in [6, 6.07) is 0. The topological polar surface area (TPSA) is 125 Å². The highest BCUT2D eigenvalue weighted by Crippen LogP contribution is 2.68. The van der Waals surface area contributed by atoms with E-state index in [1.165, 1.54) is 25.7 Å². The van der Waals surface area contributed by atoms with Crippen molar-refractivity contribution in [3.8, 4) is 12.3 Å². The smallest absolute Gasteiger partial charge is 0.245 e. The van der Waals surface area contributed by atoms with Gasteiger partial charge in [0.2, 0.25) is 11.8 Å². The largest absolute Gasteiger partial charge is 0.393 e. The molecule has 0 saturated heterocycles. The Kier molecular flexibility index (Phi) is 14.7. The Morgan fingerprint density at radius 1 is 1.04 bits per heavy atom. The van der Waals surface area contributed by atoms with E-state index in [0.717, 1.165) is 57.8 Å². The number of carbonyl (C=O) groups is 2. The average molecular weight is 670 g/mol. The molecule has 4 aliphatic rings. The quantitative estimate of drug-likeness (QED) is 0.0873. The van der Waals surface area contributed by atoms with E-state index < -0.39 is 11.6 Å². The van der Waals surface area contributed by atoms with Gasteiger partial charge >= 0.3 is 0 Å². The number of aliphatic hydroxyl groups is 2. The summed E-state index contributed by atoms with van der Waals surface area (Å²) in [5, 5.41) is 27.8. The Balaban J connectivity index is 0.000000952. The standard InChI is InChI=1S/C35H61N3O4.C6H10/c1-7-17-33(3,4)32(42)38-30(21-36)37-31(41)11-9-8-10-22(2)26-14-15-27-25-13-12-23-19-24(39)16-18-34(23,5)28(25)20-29(40)35(26,27)6;1-4-5-6(2)3/h9,11,22-30,39-40H,7-8,10,12-21,36H2,1-6H3,(H,37,41)(H,38,42);1,6H,5H2,2-3H3/b11-9+;. The van der Waals surface area contributed by atoms with E-state index in [-0.39, 0.29) is 41.4 Å². The zero-order chi connectivity index (χ0) is 35.9. The van der Waals surface area contributed by atoms with Crippen molar-refractivity contribution >= 4 is 11.8 Å². The number of fused-ring (bicyclic) bond motifs is 5. The van der Waals surface area contributed by atoms with E-state index >= 15 is 0 Å². The molecule has 48 heavy (non-hydrogen) atoms. The summed E-state index contributed by atoms with van der Waals surface area (Å²) in [6.45, 7) is 17.4. The van der Waals surface area contributed by atoms with Gasteiger partial charge in [0.25, 0.3) is 0 Å². The van der Waals surface area contributed by atoms with Crippen LogP contribution in [0.15, 0.2) is 12.2 Å². The molecule has 4 rings (SSSR count). The summed E-state index contributed by atoms with van der Waals surface area (Å²) in [4.78, 5) is 25.2. The van der Waals surface area contributed by atoms with Crippen molar-refractivity contribution in [3.63, 3.8) is 0 Å². The summed E-state index contributed by atoms with van der Waals surface area (Å²) >= 11 is 0. The third kappa shape index (κ3) is 9.26. The molecule has 6 N–H and O–H groups in total. The van der Waals surface area contributed by atoms with Gasteiger partial charge in [-0.2, -0.15) is 0 Å². The molecule has 0 spiro atoms. The SMILES string of the molecule is C#CCC(C)C.CCCC(C)(C)C(=O)NC(CN)NC(=O)/C=C/CCC(C)C1CCC2C3CCC4CC(O)CCC4(C)C3CC(O)C12C. The number of amides is 2. The van der Waals surface area contributed by atoms with Gasteiger partial charge < -0.3 is 26.6 Å². The zero-order valence-electron chi connectivity index (χ0n) is 31.7. The van der Waals surface area contributed by atoms with Crippen LogP contribution >= 0.6 is 0 Å². The first-order chi connectivity index (χ1) is 22.5. The lowest BCUT2D eigenvalue weighted by molar-refractivity contribution is -0.174. The molecule has 274 valence electrons. The second-order valence-corrected chi connectivity index (χ2v) is 17.5. The molecule has 0 heterocycles. The molecule has 0 aromatic carbocycles. The minimum absolute atomic E-state index is 0.0445. The highest BCUT2D eigenvalue weighted by Gasteiger charge is 2.63. The fraction of sp³-hybridized carbons (Fsp3) is 0.854. The molecular formula is C41H71N3O4. The number of carbonyl (C=O) groups excluding carboxylic acids is 2. The van der Waals surface area contributed by atoms with Crippen molar-refractivity contribution in [2.45, 2.75) is 157 Å². The predicted molar refractivity (Wildman–Crippen MR) is 196 cm³/mol. The molecule has 11 atom stereocenters. The summed E-state index contributed by atoms with van der Waals surface area (Å²) in [5.41, 5.74) is 5.54. The monoisotopic (exact) mass is 670 g/mol. The van der Waals surface area contributed by atoms with Gasteiger partial charge in [-0.1, -0.05) is 67.9 Å². The van der Waals surface area contributed by atoms with Crippen LogP contribution in [0.2, 0.25) is 0 Å². The van der Waals surface area contributed by atoms with E-state index in [2.05, 4.69) is 58.1 Å². The van der Waals surface area contributed by atoms with E-state index in [9.17, 15) is 19.8 Å². The second kappa shape index (κ2) is 17.4. The lowest BCUT2D eigenvalue weighted by Crippen LogP contribution is -2.58. The average Bonchev–Trinajstić information content (AvgIpc) is 3.38. The molecule has 11 unspecified atom stereocenters. The summed E-state index contributed by atoms with van der Waals surface area (Å²) < 4.78 is 0. The molecule has 4 fully saturated rings. The van der Waals surface area contributed by atoms with E-state index in [1.807, 2.05) is 19.9 Å². The maximum atomic E-state index is 12.6. The normalized spacial score (nSPS) is 35.7. The number of terminal acetylenes is 1. The maximum absolute atomic E-state index is 12.6. The van der Waals surface area contributed by atoms with Gasteiger partial charge in [0, 0.05) is 18.4 Å². The minimum atomic E-state index is -0.590. The van der Waals surface area contributed by atoms with Crippen LogP contribution in [0.4, 0.5) is 0 Å². The number of hydrogen-bond acceptors (Lipinski definition) is 5. The number of aliphatic hydroxyl groups excluding tert-OH is 2. The van der Waals surface area contributed by atoms with Gasteiger partial charge in [-0.15, -0.1) is 12.3 Å². The molecular weight excluding hydrogens is 598 g/mol. The highest BCUT2D eigenvalue weighted by molar-refractivity contribution is 5.88. The van der Waals surface area contributed by atoms with Gasteiger partial charge in [-0.25, -0.2) is 0 Å². The van der Waals surface area contributed by atoms with Crippen LogP contribution in [0.1, 0.15) is 139 Å². The molecule has 2 amide bonds. The molecule has 0 aliphatic heterocycles. The third-order valence-corrected chi connectivity index (χ3v) is 13.4. The van der Waals surface area contributed by atoms with Crippen molar-refractivity contribution < 1.29 is 19.8 Å². The first-order valence-corrected chi connectivity index (χ1v) is 19.3. The molecule has 0 aromatic rings. The van der Waals surface area contributed by atoms with Gasteiger partial charge in [0.1, 0.15) is 6.17 Å². The number of hydrogen-bond donors (Lipinski definition) is 5. The van der Waals surface area contributed by atoms with E-state index in [1.54, 1.807) is 6.08 Å². The fourth-order valence-electron chi connectivity index (χ4n) is 10.6. The Bertz CT molecular complexity index is 1130. The van der Waals surface area contributed by atoms with Gasteiger partial charge in [0.15, 0.2) is 0 Å². The van der Waals surface area contributed by atoms with Crippen molar-refractivity contribution in [2.24, 2.45) is 63.4 Å². The van der Waals surface area contributed by atoms with Crippen LogP contribution in [0, 0.1) is 70.0 Å². The van der Waals surface area contributed by atoms with Crippen LogP contribution in [0.25, 0.3) is 0 Å². The highest BCUT2D eigenvalue weighted by atomic mass is 16.3. The Morgan fingerprint density at radius 3 is 2.35 bits per heavy atom. The molecule has 0 radical (unpaired) electrons. The Morgan fingerprint density at radius 2 is 1.75 bits per heavy atom. The molecule has 4 aliphatic carbocycles. The molecule has 4 saturated carbocycles. The zero-order valence-corrected chi connectivity index (χ0v) is 31.7. The first-order valence-electron chi connectivity index (χ1n) is 19.3. The second-order valence-electron chi connectivity index (χ2n) is 17.5. The van der Waals surface area contributed by atoms with Crippen molar-refractivity contribution in [1.82, 2.24) is 10.6 Å². The molecule has 0 bridgehead atoms. The lowest BCUT2D eigenvalue weighted by Gasteiger charge is -2.62. The van der Waals surface area contributed by atoms with Crippen LogP contribution < -0.4 is 16.4 Å². The number of rotatable bonds is 12. The van der Waals surface area contributed by atoms with E-state index in [0.29, 0.717) is 41.4 Å². The van der Waals surface area contributed by atoms with Gasteiger partial charge in [-0.3, -0.25) is 9.59 Å². The van der Waals surface area contributed by atoms with Crippen molar-refractivity contribution in [2.75, 3.05) is 6.54 Å². The summed E-state index contributed by atoms with van der Waals surface area (Å²) in [7, 11) is 0. The molecule has 7 heteroatoms. The van der Waals surface area contributed by atoms with E-state index in [4.69, 9.17) is 12.2 Å². The Hall–Kier alpha value is -1.88. The minimum Gasteiger partial charge on any atom is -0.393 e. The van der Waals surface area contributed by atoms with Crippen LogP contribution in [0.5, 0.6) is 0 Å². The first kappa shape index (κ1) is 40.5. The predicted octanol–water partition coefficient (Wildman–Crippen LogP) is 6.96. The van der Waals surface area contributed by atoms with Crippen LogP contribution in [-0.4, -0.2) is 46.9 Å². The van der Waals surface area contributed by atoms with Crippen LogP contribution in [0.3, 0.4) is 0 Å². The number of nitrogens with two attached hydrogens (primary N) is 1. The summed E-state index contributed by atoms with van der Waals surface area (Å²) in [5.74, 6) is 6.29.